The smallest absolute Gasteiger partial charge is 0.0267 e. The second-order valence-electron chi connectivity index (χ2n) is 19.5. The Labute approximate surface area is 378 Å². The minimum Gasteiger partial charge on any atom is -0.0834 e. The van der Waals surface area contributed by atoms with Gasteiger partial charge in [0.15, 0.2) is 0 Å². The average Bonchev–Trinajstić information content (AvgIpc) is 3.25. The van der Waals surface area contributed by atoms with Crippen LogP contribution in [0.25, 0.3) is 0 Å². The quantitative estimate of drug-likeness (QED) is 0.0423. The number of hydrogen-bond donors (Lipinski definition) is 0. The molecule has 0 saturated carbocycles. The van der Waals surface area contributed by atoms with E-state index in [1.807, 2.05) is 0 Å². The topological polar surface area (TPSA) is 0 Å². The molecule has 0 bridgehead atoms. The molecule has 0 N–H and O–H groups in total. The molecule has 0 unspecified atom stereocenters. The summed E-state index contributed by atoms with van der Waals surface area (Å²) in [6, 6.07) is 0. The maximum absolute atomic E-state index is 2.42. The van der Waals surface area contributed by atoms with E-state index in [0.717, 1.165) is 0 Å². The van der Waals surface area contributed by atoms with Crippen LogP contribution in [0, 0.1) is 0 Å². The maximum Gasteiger partial charge on any atom is -0.0267 e. The lowest BCUT2D eigenvalue weighted by Gasteiger charge is -2.04. The molecule has 0 rings (SSSR count). The van der Waals surface area contributed by atoms with Crippen LogP contribution in [0.15, 0.2) is 23.8 Å². The monoisotopic (exact) mass is 842 g/mol. The molecule has 1 heteroatoms. The van der Waals surface area contributed by atoms with Crippen molar-refractivity contribution in [3.8, 4) is 0 Å². The molecule has 351 valence electrons. The van der Waals surface area contributed by atoms with Gasteiger partial charge in [0.05, 0.1) is 0 Å². The Morgan fingerprint density at radius 2 is 0.322 bits per heavy atom. The summed E-state index contributed by atoms with van der Waals surface area (Å²) >= 11 is 0. The van der Waals surface area contributed by atoms with Crippen molar-refractivity contribution < 1.29 is 0 Å². The van der Waals surface area contributed by atoms with Crippen LogP contribution in [0.3, 0.4) is 0 Å². The van der Waals surface area contributed by atoms with Crippen LogP contribution in [-0.2, 0) is 0 Å². The molecule has 0 aliphatic heterocycles. The summed E-state index contributed by atoms with van der Waals surface area (Å²) in [5.74, 6) is 4.74. The number of unbranched alkanes of at least 4 members (excludes halogenated alkanes) is 50. The Hall–Kier alpha value is -0.0900. The highest BCUT2D eigenvalue weighted by Crippen LogP contribution is 2.20. The van der Waals surface area contributed by atoms with Gasteiger partial charge in [0.1, 0.15) is 0 Å². The zero-order valence-corrected chi connectivity index (χ0v) is 42.4. The summed E-state index contributed by atoms with van der Waals surface area (Å²) in [7, 11) is 1.38. The number of allylic oxidation sites excluding steroid dienone is 2. The first-order valence-electron chi connectivity index (χ1n) is 28.4. The van der Waals surface area contributed by atoms with Crippen molar-refractivity contribution in [1.82, 2.24) is 0 Å². The van der Waals surface area contributed by atoms with E-state index in [1.54, 1.807) is 0 Å². The fourth-order valence-corrected chi connectivity index (χ4v) is 9.76. The molecular formula is C58H114P. The minimum atomic E-state index is 1.28. The van der Waals surface area contributed by atoms with E-state index in [-0.39, 0.29) is 0 Å². The molecule has 0 saturated heterocycles. The molecule has 0 atom stereocenters. The van der Waals surface area contributed by atoms with Crippen LogP contribution in [0.4, 0.5) is 0 Å². The highest BCUT2D eigenvalue weighted by atomic mass is 31.1. The average molecular weight is 843 g/mol. The van der Waals surface area contributed by atoms with Crippen LogP contribution in [0.1, 0.15) is 348 Å². The SMILES string of the molecule is CCCCCCCCCCCCCCCCCCCCCCCCCCCC=C[P]C=CCCCCCCCCCCCCCCCCCCCCCCCCCCC. The van der Waals surface area contributed by atoms with Crippen molar-refractivity contribution in [1.29, 1.82) is 0 Å². The Balaban J connectivity index is 3.14. The fraction of sp³-hybridized carbons (Fsp3) is 0.931. The predicted octanol–water partition coefficient (Wildman–Crippen LogP) is 23.3. The molecule has 1 radical (unpaired) electrons. The van der Waals surface area contributed by atoms with Crippen molar-refractivity contribution in [3.05, 3.63) is 23.8 Å². The molecule has 0 aromatic rings. The zero-order chi connectivity index (χ0) is 42.3. The van der Waals surface area contributed by atoms with Crippen molar-refractivity contribution >= 4 is 8.58 Å². The van der Waals surface area contributed by atoms with Gasteiger partial charge in [0.2, 0.25) is 0 Å². The second-order valence-corrected chi connectivity index (χ2v) is 20.4. The van der Waals surface area contributed by atoms with E-state index in [0.29, 0.717) is 0 Å². The Morgan fingerprint density at radius 3 is 0.475 bits per heavy atom. The highest BCUT2D eigenvalue weighted by molar-refractivity contribution is 7.45. The summed E-state index contributed by atoms with van der Waals surface area (Å²) in [6.45, 7) is 4.62. The maximum atomic E-state index is 2.42. The lowest BCUT2D eigenvalue weighted by Crippen LogP contribution is -1.84. The summed E-state index contributed by atoms with van der Waals surface area (Å²) < 4.78 is 0. The Kier molecular flexibility index (Phi) is 57.8. The van der Waals surface area contributed by atoms with Gasteiger partial charge < -0.3 is 0 Å². The van der Waals surface area contributed by atoms with Gasteiger partial charge >= 0.3 is 0 Å². The molecule has 59 heavy (non-hydrogen) atoms. The standard InChI is InChI=1S/C58H114P/c1-3-5-7-9-11-13-15-17-19-21-23-25-27-29-31-33-35-37-39-41-43-45-47-49-51-53-55-57-59-58-56-54-52-50-48-46-44-42-40-38-36-34-32-30-28-26-24-22-20-18-16-14-12-10-8-6-4-2/h55-58H,3-54H2,1-2H3. The van der Waals surface area contributed by atoms with Gasteiger partial charge in [0, 0.05) is 0 Å². The molecule has 0 fully saturated rings. The van der Waals surface area contributed by atoms with Gasteiger partial charge in [-0.2, -0.15) is 0 Å². The molecule has 0 heterocycles. The first-order valence-corrected chi connectivity index (χ1v) is 29.4. The van der Waals surface area contributed by atoms with Crippen molar-refractivity contribution in [3.63, 3.8) is 0 Å². The van der Waals surface area contributed by atoms with Crippen LogP contribution < -0.4 is 0 Å². The van der Waals surface area contributed by atoms with Crippen molar-refractivity contribution in [2.75, 3.05) is 0 Å². The number of hydrogen-bond acceptors (Lipinski definition) is 0. The third kappa shape index (κ3) is 57.9. The summed E-state index contributed by atoms with van der Waals surface area (Å²) in [4.78, 5) is 0. The van der Waals surface area contributed by atoms with Gasteiger partial charge in [-0.3, -0.25) is 0 Å². The predicted molar refractivity (Wildman–Crippen MR) is 277 cm³/mol. The molecular weight excluding hydrogens is 728 g/mol. The summed E-state index contributed by atoms with van der Waals surface area (Å²) in [5.41, 5.74) is 0. The lowest BCUT2D eigenvalue weighted by molar-refractivity contribution is 0.516. The molecule has 0 aliphatic rings. The molecule has 0 aliphatic carbocycles. The summed E-state index contributed by atoms with van der Waals surface area (Å²) in [6.07, 6.45) is 80.9. The first-order chi connectivity index (χ1) is 29.4. The first kappa shape index (κ1) is 58.9. The molecule has 0 spiro atoms. The molecule has 0 amide bonds. The van der Waals surface area contributed by atoms with E-state index in [9.17, 15) is 0 Å². The zero-order valence-electron chi connectivity index (χ0n) is 41.5. The second kappa shape index (κ2) is 57.9. The number of rotatable bonds is 54. The van der Waals surface area contributed by atoms with Crippen LogP contribution in [0.5, 0.6) is 0 Å². The van der Waals surface area contributed by atoms with Gasteiger partial charge in [-0.1, -0.05) is 346 Å². The molecule has 0 nitrogen and oxygen atoms in total. The van der Waals surface area contributed by atoms with Gasteiger partial charge in [-0.25, -0.2) is 0 Å². The van der Waals surface area contributed by atoms with Crippen LogP contribution >= 0.6 is 8.58 Å². The van der Waals surface area contributed by atoms with Gasteiger partial charge in [-0.05, 0) is 34.3 Å². The largest absolute Gasteiger partial charge is 0.0834 e. The van der Waals surface area contributed by atoms with Crippen LogP contribution in [0.2, 0.25) is 0 Å². The molecule has 0 aromatic heterocycles. The van der Waals surface area contributed by atoms with Crippen LogP contribution in [-0.4, -0.2) is 0 Å². The van der Waals surface area contributed by atoms with Gasteiger partial charge in [0.25, 0.3) is 0 Å². The van der Waals surface area contributed by atoms with E-state index in [1.165, 1.54) is 342 Å². The third-order valence-electron chi connectivity index (χ3n) is 13.3. The fourth-order valence-electron chi connectivity index (χ4n) is 9.12. The molecule has 0 aromatic carbocycles. The van der Waals surface area contributed by atoms with E-state index in [4.69, 9.17) is 0 Å². The van der Waals surface area contributed by atoms with Crippen molar-refractivity contribution in [2.45, 2.75) is 348 Å². The van der Waals surface area contributed by atoms with Crippen molar-refractivity contribution in [2.24, 2.45) is 0 Å². The lowest BCUT2D eigenvalue weighted by atomic mass is 10.0. The highest BCUT2D eigenvalue weighted by Gasteiger charge is 1.98. The van der Waals surface area contributed by atoms with E-state index < -0.39 is 0 Å². The van der Waals surface area contributed by atoms with E-state index in [2.05, 4.69) is 37.6 Å². The Bertz CT molecular complexity index is 690. The third-order valence-corrected chi connectivity index (χ3v) is 14.1. The minimum absolute atomic E-state index is 1.28. The van der Waals surface area contributed by atoms with E-state index >= 15 is 0 Å². The summed E-state index contributed by atoms with van der Waals surface area (Å²) in [5, 5.41) is 0. The van der Waals surface area contributed by atoms with Gasteiger partial charge in [-0.15, -0.1) is 0 Å². The Morgan fingerprint density at radius 1 is 0.186 bits per heavy atom. The normalized spacial score (nSPS) is 12.2.